The Kier molecular flexibility index (Phi) is 7.49. The van der Waals surface area contributed by atoms with E-state index in [1.54, 1.807) is 0 Å². The second-order valence-electron chi connectivity index (χ2n) is 7.21. The van der Waals surface area contributed by atoms with Gasteiger partial charge in [-0.3, -0.25) is 10.1 Å². The van der Waals surface area contributed by atoms with Gasteiger partial charge in [-0.25, -0.2) is 0 Å². The minimum atomic E-state index is -0.551. The Labute approximate surface area is 172 Å². The standard InChI is InChI=1S/C23H30N2O4/c1-2-28-19-9-11-20(12-10-19)29-15-14-24-22(27)16-25-23(17-26)13-5-7-18-6-3-4-8-21(18)23/h3-4,6,8-12,25-26H,2,5,7,13-17H2,1H3,(H,24,27). The van der Waals surface area contributed by atoms with E-state index in [0.717, 1.165) is 36.3 Å². The molecule has 6 nitrogen and oxygen atoms in total. The highest BCUT2D eigenvalue weighted by Gasteiger charge is 2.35. The molecule has 1 unspecified atom stereocenters. The molecule has 0 saturated carbocycles. The first-order valence-corrected chi connectivity index (χ1v) is 10.2. The summed E-state index contributed by atoms with van der Waals surface area (Å²) in [4.78, 5) is 12.3. The summed E-state index contributed by atoms with van der Waals surface area (Å²) in [5.41, 5.74) is 1.79. The van der Waals surface area contributed by atoms with Gasteiger partial charge in [-0.15, -0.1) is 0 Å². The molecule has 1 amide bonds. The van der Waals surface area contributed by atoms with E-state index in [-0.39, 0.29) is 19.1 Å². The SMILES string of the molecule is CCOc1ccc(OCCNC(=O)CNC2(CO)CCCc3ccccc32)cc1. The van der Waals surface area contributed by atoms with Crippen molar-refractivity contribution in [1.82, 2.24) is 10.6 Å². The van der Waals surface area contributed by atoms with Crippen LogP contribution in [0.2, 0.25) is 0 Å². The molecular formula is C23H30N2O4. The van der Waals surface area contributed by atoms with E-state index >= 15 is 0 Å². The molecule has 0 heterocycles. The third-order valence-electron chi connectivity index (χ3n) is 5.27. The molecule has 0 aromatic heterocycles. The summed E-state index contributed by atoms with van der Waals surface area (Å²) in [5, 5.41) is 16.2. The predicted molar refractivity (Wildman–Crippen MR) is 112 cm³/mol. The molecule has 0 saturated heterocycles. The summed E-state index contributed by atoms with van der Waals surface area (Å²) >= 11 is 0. The Morgan fingerprint density at radius 2 is 1.83 bits per heavy atom. The molecular weight excluding hydrogens is 368 g/mol. The van der Waals surface area contributed by atoms with Crippen molar-refractivity contribution in [2.45, 2.75) is 31.7 Å². The molecule has 0 aliphatic heterocycles. The third kappa shape index (κ3) is 5.49. The summed E-state index contributed by atoms with van der Waals surface area (Å²) in [7, 11) is 0. The van der Waals surface area contributed by atoms with Crippen molar-refractivity contribution in [2.24, 2.45) is 0 Å². The molecule has 3 rings (SSSR count). The van der Waals surface area contributed by atoms with Crippen LogP contribution in [0.25, 0.3) is 0 Å². The van der Waals surface area contributed by atoms with Gasteiger partial charge in [0.1, 0.15) is 18.1 Å². The second-order valence-corrected chi connectivity index (χ2v) is 7.21. The number of aliphatic hydroxyl groups excluding tert-OH is 1. The van der Waals surface area contributed by atoms with Crippen molar-refractivity contribution in [2.75, 3.05) is 32.9 Å². The molecule has 2 aromatic carbocycles. The third-order valence-corrected chi connectivity index (χ3v) is 5.27. The highest BCUT2D eigenvalue weighted by Crippen LogP contribution is 2.34. The molecule has 1 aliphatic rings. The first kappa shape index (κ1) is 21.1. The first-order chi connectivity index (χ1) is 14.2. The number of carbonyl (C=O) groups excluding carboxylic acids is 1. The molecule has 0 fully saturated rings. The van der Waals surface area contributed by atoms with E-state index < -0.39 is 5.54 Å². The number of hydrogen-bond acceptors (Lipinski definition) is 5. The summed E-state index contributed by atoms with van der Waals surface area (Å²) < 4.78 is 11.0. The van der Waals surface area contributed by atoms with Gasteiger partial charge in [-0.05, 0) is 61.6 Å². The van der Waals surface area contributed by atoms with Crippen LogP contribution in [-0.4, -0.2) is 43.9 Å². The fraction of sp³-hybridized carbons (Fsp3) is 0.435. The van der Waals surface area contributed by atoms with E-state index in [1.807, 2.05) is 49.4 Å². The van der Waals surface area contributed by atoms with Gasteiger partial charge in [0.2, 0.25) is 5.91 Å². The summed E-state index contributed by atoms with van der Waals surface area (Å²) in [6.45, 7) is 3.49. The molecule has 1 aliphatic carbocycles. The maximum absolute atomic E-state index is 12.3. The van der Waals surface area contributed by atoms with Crippen molar-refractivity contribution < 1.29 is 19.4 Å². The van der Waals surface area contributed by atoms with Crippen molar-refractivity contribution in [3.8, 4) is 11.5 Å². The summed E-state index contributed by atoms with van der Waals surface area (Å²) in [6.07, 6.45) is 2.81. The summed E-state index contributed by atoms with van der Waals surface area (Å²) in [5.74, 6) is 1.43. The summed E-state index contributed by atoms with van der Waals surface area (Å²) in [6, 6.07) is 15.5. The van der Waals surface area contributed by atoms with E-state index in [2.05, 4.69) is 16.7 Å². The number of nitrogens with one attached hydrogen (secondary N) is 2. The van der Waals surface area contributed by atoms with Crippen LogP contribution < -0.4 is 20.1 Å². The van der Waals surface area contributed by atoms with Crippen LogP contribution in [0.15, 0.2) is 48.5 Å². The van der Waals surface area contributed by atoms with Crippen LogP contribution in [-0.2, 0) is 16.8 Å². The van der Waals surface area contributed by atoms with Gasteiger partial charge < -0.3 is 19.9 Å². The lowest BCUT2D eigenvalue weighted by Gasteiger charge is -2.38. The minimum Gasteiger partial charge on any atom is -0.494 e. The van der Waals surface area contributed by atoms with Crippen molar-refractivity contribution in [3.63, 3.8) is 0 Å². The van der Waals surface area contributed by atoms with Gasteiger partial charge in [-0.2, -0.15) is 0 Å². The second kappa shape index (κ2) is 10.3. The molecule has 3 N–H and O–H groups in total. The number of ether oxygens (including phenoxy) is 2. The lowest BCUT2D eigenvalue weighted by Crippen LogP contribution is -2.51. The maximum Gasteiger partial charge on any atom is 0.234 e. The van der Waals surface area contributed by atoms with Crippen LogP contribution in [0.4, 0.5) is 0 Å². The lowest BCUT2D eigenvalue weighted by molar-refractivity contribution is -0.120. The van der Waals surface area contributed by atoms with Crippen molar-refractivity contribution in [3.05, 3.63) is 59.7 Å². The molecule has 156 valence electrons. The monoisotopic (exact) mass is 398 g/mol. The molecule has 1 atom stereocenters. The van der Waals surface area contributed by atoms with Gasteiger partial charge in [0.25, 0.3) is 0 Å². The number of aliphatic hydroxyl groups is 1. The molecule has 0 spiro atoms. The average Bonchev–Trinajstić information content (AvgIpc) is 2.76. The van der Waals surface area contributed by atoms with E-state index in [9.17, 15) is 9.90 Å². The highest BCUT2D eigenvalue weighted by molar-refractivity contribution is 5.78. The number of benzene rings is 2. The average molecular weight is 399 g/mol. The number of amides is 1. The largest absolute Gasteiger partial charge is 0.494 e. The minimum absolute atomic E-state index is 0.0296. The molecule has 6 heteroatoms. The van der Waals surface area contributed by atoms with Gasteiger partial charge in [0, 0.05) is 0 Å². The van der Waals surface area contributed by atoms with Crippen LogP contribution in [0.1, 0.15) is 30.9 Å². The number of fused-ring (bicyclic) bond motifs is 1. The highest BCUT2D eigenvalue weighted by atomic mass is 16.5. The Morgan fingerprint density at radius 3 is 2.55 bits per heavy atom. The zero-order chi connectivity index (χ0) is 20.5. The van der Waals surface area contributed by atoms with Crippen molar-refractivity contribution in [1.29, 1.82) is 0 Å². The number of aryl methyl sites for hydroxylation is 1. The van der Waals surface area contributed by atoms with Gasteiger partial charge in [-0.1, -0.05) is 24.3 Å². The molecule has 2 aromatic rings. The zero-order valence-electron chi connectivity index (χ0n) is 16.9. The Hall–Kier alpha value is -2.57. The predicted octanol–water partition coefficient (Wildman–Crippen LogP) is 2.39. The van der Waals surface area contributed by atoms with Crippen LogP contribution >= 0.6 is 0 Å². The van der Waals surface area contributed by atoms with E-state index in [0.29, 0.717) is 19.8 Å². The van der Waals surface area contributed by atoms with E-state index in [4.69, 9.17) is 9.47 Å². The fourth-order valence-corrected chi connectivity index (χ4v) is 3.79. The maximum atomic E-state index is 12.3. The normalized spacial score (nSPS) is 18.0. The molecule has 0 radical (unpaired) electrons. The quantitative estimate of drug-likeness (QED) is 0.536. The number of rotatable bonds is 10. The Bertz CT molecular complexity index is 794. The fourth-order valence-electron chi connectivity index (χ4n) is 3.79. The molecule has 29 heavy (non-hydrogen) atoms. The van der Waals surface area contributed by atoms with Crippen LogP contribution in [0.3, 0.4) is 0 Å². The Balaban J connectivity index is 1.43. The van der Waals surface area contributed by atoms with Gasteiger partial charge in [0.15, 0.2) is 0 Å². The lowest BCUT2D eigenvalue weighted by atomic mass is 9.77. The van der Waals surface area contributed by atoms with Crippen molar-refractivity contribution >= 4 is 5.91 Å². The smallest absolute Gasteiger partial charge is 0.234 e. The first-order valence-electron chi connectivity index (χ1n) is 10.2. The number of hydrogen-bond donors (Lipinski definition) is 3. The van der Waals surface area contributed by atoms with Crippen LogP contribution in [0.5, 0.6) is 11.5 Å². The van der Waals surface area contributed by atoms with Gasteiger partial charge in [0.05, 0.1) is 31.8 Å². The van der Waals surface area contributed by atoms with E-state index in [1.165, 1.54) is 5.56 Å². The van der Waals surface area contributed by atoms with Gasteiger partial charge >= 0.3 is 0 Å². The topological polar surface area (TPSA) is 79.8 Å². The molecule has 0 bridgehead atoms. The zero-order valence-corrected chi connectivity index (χ0v) is 16.9. The number of carbonyl (C=O) groups is 1. The Morgan fingerprint density at radius 1 is 1.10 bits per heavy atom. The van der Waals surface area contributed by atoms with Crippen LogP contribution in [0, 0.1) is 0 Å².